The minimum Gasteiger partial charge on any atom is -0.508 e. The topological polar surface area (TPSA) is 40.5 Å². The average molecular weight is 583 g/mol. The summed E-state index contributed by atoms with van der Waals surface area (Å²) < 4.78 is 0. The third-order valence-electron chi connectivity index (χ3n) is 9.06. The van der Waals surface area contributed by atoms with E-state index in [-0.39, 0.29) is 16.2 Å². The molecule has 0 spiro atoms. The number of aryl methyl sites for hydroxylation is 2. The van der Waals surface area contributed by atoms with E-state index in [9.17, 15) is 10.2 Å². The Morgan fingerprint density at radius 2 is 0.878 bits per heavy atom. The van der Waals surface area contributed by atoms with E-state index in [0.29, 0.717) is 17.3 Å². The van der Waals surface area contributed by atoms with Gasteiger partial charge in [-0.2, -0.15) is 12.6 Å². The average Bonchev–Trinajstić information content (AvgIpc) is 2.86. The van der Waals surface area contributed by atoms with Gasteiger partial charge in [0, 0.05) is 11.2 Å². The summed E-state index contributed by atoms with van der Waals surface area (Å²) in [7, 11) is 0. The lowest BCUT2D eigenvalue weighted by Crippen LogP contribution is -2.33. The molecule has 3 heteroatoms. The monoisotopic (exact) mass is 582 g/mol. The molecule has 2 aromatic carbocycles. The molecule has 0 bridgehead atoms. The van der Waals surface area contributed by atoms with Gasteiger partial charge in [-0.15, -0.1) is 0 Å². The van der Waals surface area contributed by atoms with Crippen LogP contribution in [0.3, 0.4) is 0 Å². The van der Waals surface area contributed by atoms with E-state index in [1.165, 1.54) is 81.8 Å². The summed E-state index contributed by atoms with van der Waals surface area (Å²) in [5, 5.41) is 21.9. The van der Waals surface area contributed by atoms with Crippen molar-refractivity contribution < 1.29 is 10.2 Å². The molecule has 0 heterocycles. The normalized spacial score (nSPS) is 12.7. The Kier molecular flexibility index (Phi) is 13.7. The van der Waals surface area contributed by atoms with Gasteiger partial charge in [0.1, 0.15) is 11.5 Å². The minimum absolute atomic E-state index is 0.175. The highest BCUT2D eigenvalue weighted by molar-refractivity contribution is 7.80. The highest BCUT2D eigenvalue weighted by Gasteiger charge is 2.38. The Hall–Kier alpha value is -1.61. The molecule has 0 atom stereocenters. The van der Waals surface area contributed by atoms with Crippen LogP contribution in [0.25, 0.3) is 0 Å². The fourth-order valence-electron chi connectivity index (χ4n) is 6.55. The number of hydrogen-bond donors (Lipinski definition) is 3. The second-order valence-corrected chi connectivity index (χ2v) is 15.1. The van der Waals surface area contributed by atoms with E-state index in [4.69, 9.17) is 12.6 Å². The van der Waals surface area contributed by atoms with E-state index in [2.05, 4.69) is 74.4 Å². The SMILES string of the molecule is CCCCCCCCCCCCCCC(CS)(c1cc(C(C)(C)C)c(O)cc1C)c1cc(C(C)(C)C)c(O)cc1C. The molecule has 41 heavy (non-hydrogen) atoms. The molecule has 2 N–H and O–H groups in total. The fourth-order valence-corrected chi connectivity index (χ4v) is 7.05. The molecule has 0 fully saturated rings. The lowest BCUT2D eigenvalue weighted by atomic mass is 9.67. The predicted octanol–water partition coefficient (Wildman–Crippen LogP) is 11.6. The molecule has 2 rings (SSSR count). The Bertz CT molecular complexity index is 1020. The summed E-state index contributed by atoms with van der Waals surface area (Å²) in [5.74, 6) is 1.42. The summed E-state index contributed by atoms with van der Waals surface area (Å²) in [6.45, 7) is 19.5. The smallest absolute Gasteiger partial charge is 0.119 e. The van der Waals surface area contributed by atoms with Gasteiger partial charge in [-0.25, -0.2) is 0 Å². The molecule has 0 aliphatic heterocycles. The summed E-state index contributed by atoms with van der Waals surface area (Å²) in [6.07, 6.45) is 17.0. The van der Waals surface area contributed by atoms with E-state index >= 15 is 0 Å². The zero-order valence-electron chi connectivity index (χ0n) is 28.1. The highest BCUT2D eigenvalue weighted by Crippen LogP contribution is 2.47. The first kappa shape index (κ1) is 35.6. The van der Waals surface area contributed by atoms with Gasteiger partial charge in [0.05, 0.1) is 0 Å². The molecule has 232 valence electrons. The number of benzene rings is 2. The Labute approximate surface area is 259 Å². The van der Waals surface area contributed by atoms with E-state index in [1.54, 1.807) is 0 Å². The predicted molar refractivity (Wildman–Crippen MR) is 183 cm³/mol. The van der Waals surface area contributed by atoms with Crippen LogP contribution in [-0.4, -0.2) is 16.0 Å². The number of unbranched alkanes of at least 4 members (excludes halogenated alkanes) is 11. The quantitative estimate of drug-likeness (QED) is 0.136. The maximum atomic E-state index is 10.9. The summed E-state index contributed by atoms with van der Waals surface area (Å²) in [5.41, 5.74) is 6.02. The van der Waals surface area contributed by atoms with Gasteiger partial charge in [-0.3, -0.25) is 0 Å². The Balaban J connectivity index is 2.35. The van der Waals surface area contributed by atoms with Gasteiger partial charge in [0.25, 0.3) is 0 Å². The molecule has 2 nitrogen and oxygen atoms in total. The van der Waals surface area contributed by atoms with Crippen LogP contribution in [0.5, 0.6) is 11.5 Å². The van der Waals surface area contributed by atoms with Crippen LogP contribution >= 0.6 is 12.6 Å². The molecule has 0 saturated heterocycles. The Morgan fingerprint density at radius 3 is 1.20 bits per heavy atom. The molecule has 0 saturated carbocycles. The van der Waals surface area contributed by atoms with Gasteiger partial charge in [0.15, 0.2) is 0 Å². The molecule has 0 amide bonds. The number of hydrogen-bond acceptors (Lipinski definition) is 3. The summed E-state index contributed by atoms with van der Waals surface area (Å²) in [4.78, 5) is 0. The van der Waals surface area contributed by atoms with Crippen LogP contribution in [0, 0.1) is 13.8 Å². The number of phenolic OH excluding ortho intramolecular Hbond substituents is 2. The van der Waals surface area contributed by atoms with Crippen molar-refractivity contribution in [3.05, 3.63) is 57.6 Å². The maximum Gasteiger partial charge on any atom is 0.119 e. The second kappa shape index (κ2) is 15.7. The van der Waals surface area contributed by atoms with Crippen LogP contribution < -0.4 is 0 Å². The lowest BCUT2D eigenvalue weighted by molar-refractivity contribution is 0.435. The van der Waals surface area contributed by atoms with Gasteiger partial charge < -0.3 is 10.2 Å². The van der Waals surface area contributed by atoms with Crippen molar-refractivity contribution in [2.24, 2.45) is 0 Å². The third-order valence-corrected chi connectivity index (χ3v) is 9.60. The molecule has 0 radical (unpaired) electrons. The van der Waals surface area contributed by atoms with Crippen molar-refractivity contribution in [3.8, 4) is 11.5 Å². The molecular formula is C38H62O2S. The first-order valence-corrected chi connectivity index (χ1v) is 17.1. The fraction of sp³-hybridized carbons (Fsp3) is 0.684. The zero-order valence-corrected chi connectivity index (χ0v) is 28.9. The summed E-state index contributed by atoms with van der Waals surface area (Å²) >= 11 is 5.07. The van der Waals surface area contributed by atoms with E-state index < -0.39 is 0 Å². The number of aromatic hydroxyl groups is 2. The minimum atomic E-state index is -0.308. The van der Waals surface area contributed by atoms with Crippen LogP contribution in [0.2, 0.25) is 0 Å². The van der Waals surface area contributed by atoms with Gasteiger partial charge in [0.2, 0.25) is 0 Å². The molecule has 0 aromatic heterocycles. The van der Waals surface area contributed by atoms with Crippen LogP contribution in [0.1, 0.15) is 165 Å². The standard InChI is InChI=1S/C38H62O2S/c1-10-11-12-13-14-15-16-17-18-19-20-21-22-38(27-41,30-25-32(36(4,5)6)34(39)23-28(30)2)31-26-33(37(7,8)9)35(40)24-29(31)3/h23-26,39-41H,10-22,27H2,1-9H3. The van der Waals surface area contributed by atoms with Crippen molar-refractivity contribution in [2.45, 2.75) is 162 Å². The molecule has 0 unspecified atom stereocenters. The van der Waals surface area contributed by atoms with Gasteiger partial charge >= 0.3 is 0 Å². The van der Waals surface area contributed by atoms with Crippen molar-refractivity contribution in [2.75, 3.05) is 5.75 Å². The highest BCUT2D eigenvalue weighted by atomic mass is 32.1. The van der Waals surface area contributed by atoms with Crippen LogP contribution in [-0.2, 0) is 16.2 Å². The van der Waals surface area contributed by atoms with Crippen LogP contribution in [0.4, 0.5) is 0 Å². The first-order chi connectivity index (χ1) is 19.2. The van der Waals surface area contributed by atoms with Crippen LogP contribution in [0.15, 0.2) is 24.3 Å². The largest absolute Gasteiger partial charge is 0.508 e. The van der Waals surface area contributed by atoms with Crippen molar-refractivity contribution in [1.82, 2.24) is 0 Å². The molecular weight excluding hydrogens is 520 g/mol. The first-order valence-electron chi connectivity index (χ1n) is 16.5. The van der Waals surface area contributed by atoms with Gasteiger partial charge in [-0.1, -0.05) is 138 Å². The Morgan fingerprint density at radius 1 is 0.537 bits per heavy atom. The lowest BCUT2D eigenvalue weighted by Gasteiger charge is -2.39. The molecule has 2 aromatic rings. The van der Waals surface area contributed by atoms with Crippen molar-refractivity contribution in [3.63, 3.8) is 0 Å². The zero-order chi connectivity index (χ0) is 30.8. The van der Waals surface area contributed by atoms with E-state index in [0.717, 1.165) is 35.1 Å². The number of rotatable bonds is 16. The van der Waals surface area contributed by atoms with Gasteiger partial charge in [-0.05, 0) is 76.6 Å². The van der Waals surface area contributed by atoms with Crippen molar-refractivity contribution in [1.29, 1.82) is 0 Å². The number of phenols is 2. The number of thiol groups is 1. The summed E-state index contributed by atoms with van der Waals surface area (Å²) in [6, 6.07) is 8.42. The molecule has 0 aliphatic rings. The maximum absolute atomic E-state index is 10.9. The molecule has 0 aliphatic carbocycles. The van der Waals surface area contributed by atoms with Crippen molar-refractivity contribution >= 4 is 12.6 Å². The van der Waals surface area contributed by atoms with E-state index in [1.807, 2.05) is 12.1 Å². The third kappa shape index (κ3) is 9.70. The second-order valence-electron chi connectivity index (χ2n) is 14.7.